The van der Waals surface area contributed by atoms with Gasteiger partial charge >= 0.3 is 0 Å². The van der Waals surface area contributed by atoms with E-state index in [0.717, 1.165) is 18.8 Å². The van der Waals surface area contributed by atoms with E-state index in [1.54, 1.807) is 0 Å². The van der Waals surface area contributed by atoms with Crippen LogP contribution in [0.4, 0.5) is 11.4 Å². The summed E-state index contributed by atoms with van der Waals surface area (Å²) in [5, 5.41) is 0. The first-order valence-electron chi connectivity index (χ1n) is 7.00. The number of carbonyl (C=O) groups excluding carboxylic acids is 1. The molecule has 0 fully saturated rings. The maximum absolute atomic E-state index is 12.6. The third-order valence-electron chi connectivity index (χ3n) is 3.56. The standard InChI is InChI=1S/C16H24N2O/c1-12(2)17-10-11-18(15(19)16(3,4)5)14-9-7-6-8-13(14)17/h6-9,12H,10-11H2,1-5H3. The highest BCUT2D eigenvalue weighted by Gasteiger charge is 2.33. The van der Waals surface area contributed by atoms with E-state index in [0.29, 0.717) is 6.04 Å². The Kier molecular flexibility index (Phi) is 3.57. The van der Waals surface area contributed by atoms with Gasteiger partial charge in [0.1, 0.15) is 0 Å². The highest BCUT2D eigenvalue weighted by molar-refractivity contribution is 6.00. The van der Waals surface area contributed by atoms with Gasteiger partial charge in [-0.05, 0) is 26.0 Å². The first-order valence-corrected chi connectivity index (χ1v) is 7.00. The molecule has 0 aliphatic carbocycles. The summed E-state index contributed by atoms with van der Waals surface area (Å²) < 4.78 is 0. The van der Waals surface area contributed by atoms with Crippen molar-refractivity contribution in [2.45, 2.75) is 40.7 Å². The third kappa shape index (κ3) is 2.60. The molecule has 3 nitrogen and oxygen atoms in total. The van der Waals surface area contributed by atoms with Gasteiger partial charge in [0.2, 0.25) is 5.91 Å². The summed E-state index contributed by atoms with van der Waals surface area (Å²) in [7, 11) is 0. The molecule has 0 bridgehead atoms. The molecule has 1 heterocycles. The van der Waals surface area contributed by atoms with Gasteiger partial charge < -0.3 is 9.80 Å². The van der Waals surface area contributed by atoms with Crippen LogP contribution in [0.3, 0.4) is 0 Å². The van der Waals surface area contributed by atoms with Gasteiger partial charge in [-0.25, -0.2) is 0 Å². The predicted molar refractivity (Wildman–Crippen MR) is 80.7 cm³/mol. The van der Waals surface area contributed by atoms with Gasteiger partial charge in [-0.3, -0.25) is 4.79 Å². The number of para-hydroxylation sites is 2. The molecule has 2 rings (SSSR count). The Morgan fingerprint density at radius 2 is 1.68 bits per heavy atom. The number of nitrogens with zero attached hydrogens (tertiary/aromatic N) is 2. The highest BCUT2D eigenvalue weighted by atomic mass is 16.2. The molecule has 1 aliphatic heterocycles. The monoisotopic (exact) mass is 260 g/mol. The summed E-state index contributed by atoms with van der Waals surface area (Å²) in [6, 6.07) is 8.66. The zero-order valence-corrected chi connectivity index (χ0v) is 12.6. The van der Waals surface area contributed by atoms with Crippen LogP contribution >= 0.6 is 0 Å². The van der Waals surface area contributed by atoms with E-state index < -0.39 is 0 Å². The van der Waals surface area contributed by atoms with Gasteiger partial charge in [0.15, 0.2) is 0 Å². The minimum atomic E-state index is -0.340. The van der Waals surface area contributed by atoms with E-state index >= 15 is 0 Å². The zero-order chi connectivity index (χ0) is 14.2. The molecule has 0 N–H and O–H groups in total. The molecule has 0 saturated heterocycles. The fraction of sp³-hybridized carbons (Fsp3) is 0.562. The Labute approximate surface area is 116 Å². The molecule has 1 amide bonds. The first-order chi connectivity index (χ1) is 8.82. The molecule has 1 aromatic carbocycles. The number of rotatable bonds is 1. The molecule has 0 unspecified atom stereocenters. The molecular formula is C16H24N2O. The van der Waals surface area contributed by atoms with Crippen LogP contribution in [-0.4, -0.2) is 25.0 Å². The largest absolute Gasteiger partial charge is 0.366 e. The molecule has 3 heteroatoms. The second-order valence-electron chi connectivity index (χ2n) is 6.48. The number of carbonyl (C=O) groups is 1. The maximum Gasteiger partial charge on any atom is 0.232 e. The minimum absolute atomic E-state index is 0.198. The van der Waals surface area contributed by atoms with Crippen LogP contribution < -0.4 is 9.80 Å². The Morgan fingerprint density at radius 1 is 1.11 bits per heavy atom. The van der Waals surface area contributed by atoms with Crippen molar-refractivity contribution in [3.63, 3.8) is 0 Å². The number of benzene rings is 1. The van der Waals surface area contributed by atoms with Crippen LogP contribution in [-0.2, 0) is 4.79 Å². The van der Waals surface area contributed by atoms with Crippen molar-refractivity contribution in [2.75, 3.05) is 22.9 Å². The lowest BCUT2D eigenvalue weighted by atomic mass is 9.93. The Morgan fingerprint density at radius 3 is 2.21 bits per heavy atom. The molecule has 0 aromatic heterocycles. The highest BCUT2D eigenvalue weighted by Crippen LogP contribution is 2.36. The van der Waals surface area contributed by atoms with Crippen molar-refractivity contribution in [1.82, 2.24) is 0 Å². The van der Waals surface area contributed by atoms with Crippen molar-refractivity contribution in [2.24, 2.45) is 5.41 Å². The second kappa shape index (κ2) is 4.87. The molecule has 0 saturated carbocycles. The Bertz CT molecular complexity index is 474. The number of anilines is 2. The topological polar surface area (TPSA) is 23.6 Å². The van der Waals surface area contributed by atoms with Gasteiger partial charge in [0.25, 0.3) is 0 Å². The number of fused-ring (bicyclic) bond motifs is 1. The fourth-order valence-electron chi connectivity index (χ4n) is 2.54. The Hall–Kier alpha value is -1.51. The summed E-state index contributed by atoms with van der Waals surface area (Å²) >= 11 is 0. The van der Waals surface area contributed by atoms with Gasteiger partial charge in [-0.1, -0.05) is 32.9 Å². The van der Waals surface area contributed by atoms with Crippen molar-refractivity contribution >= 4 is 17.3 Å². The quantitative estimate of drug-likeness (QED) is 0.773. The summed E-state index contributed by atoms with van der Waals surface area (Å²) in [5.41, 5.74) is 1.87. The summed E-state index contributed by atoms with van der Waals surface area (Å²) in [6.45, 7) is 12.0. The van der Waals surface area contributed by atoms with Crippen LogP contribution in [0, 0.1) is 5.41 Å². The van der Waals surface area contributed by atoms with Gasteiger partial charge in [0, 0.05) is 24.5 Å². The lowest BCUT2D eigenvalue weighted by molar-refractivity contribution is -0.125. The lowest BCUT2D eigenvalue weighted by Gasteiger charge is -2.41. The smallest absolute Gasteiger partial charge is 0.232 e. The van der Waals surface area contributed by atoms with Crippen LogP contribution in [0.25, 0.3) is 0 Å². The molecule has 19 heavy (non-hydrogen) atoms. The molecule has 0 atom stereocenters. The van der Waals surface area contributed by atoms with E-state index in [2.05, 4.69) is 24.8 Å². The van der Waals surface area contributed by atoms with E-state index in [1.165, 1.54) is 5.69 Å². The average Bonchev–Trinajstić information content (AvgIpc) is 2.35. The first kappa shape index (κ1) is 13.9. The molecular weight excluding hydrogens is 236 g/mol. The average molecular weight is 260 g/mol. The summed E-state index contributed by atoms with van der Waals surface area (Å²) in [6.07, 6.45) is 0. The van der Waals surface area contributed by atoms with E-state index in [9.17, 15) is 4.79 Å². The number of hydrogen-bond donors (Lipinski definition) is 0. The normalized spacial score (nSPS) is 15.7. The van der Waals surface area contributed by atoms with Gasteiger partial charge in [0.05, 0.1) is 11.4 Å². The van der Waals surface area contributed by atoms with Crippen molar-refractivity contribution in [3.05, 3.63) is 24.3 Å². The number of amides is 1. The summed E-state index contributed by atoms with van der Waals surface area (Å²) in [4.78, 5) is 16.9. The van der Waals surface area contributed by atoms with Gasteiger partial charge in [-0.15, -0.1) is 0 Å². The zero-order valence-electron chi connectivity index (χ0n) is 12.6. The molecule has 1 aliphatic rings. The van der Waals surface area contributed by atoms with E-state index in [-0.39, 0.29) is 11.3 Å². The molecule has 0 radical (unpaired) electrons. The van der Waals surface area contributed by atoms with Gasteiger partial charge in [-0.2, -0.15) is 0 Å². The fourth-order valence-corrected chi connectivity index (χ4v) is 2.54. The number of hydrogen-bond acceptors (Lipinski definition) is 2. The van der Waals surface area contributed by atoms with Crippen LogP contribution in [0.2, 0.25) is 0 Å². The lowest BCUT2D eigenvalue weighted by Crippen LogP contribution is -2.49. The Balaban J connectivity index is 2.41. The molecule has 104 valence electrons. The van der Waals surface area contributed by atoms with Crippen LogP contribution in [0.1, 0.15) is 34.6 Å². The van der Waals surface area contributed by atoms with Crippen LogP contribution in [0.5, 0.6) is 0 Å². The molecule has 1 aromatic rings. The van der Waals surface area contributed by atoms with Crippen molar-refractivity contribution in [3.8, 4) is 0 Å². The van der Waals surface area contributed by atoms with Crippen molar-refractivity contribution in [1.29, 1.82) is 0 Å². The third-order valence-corrected chi connectivity index (χ3v) is 3.56. The maximum atomic E-state index is 12.6. The summed E-state index contributed by atoms with van der Waals surface area (Å²) in [5.74, 6) is 0.198. The predicted octanol–water partition coefficient (Wildman–Crippen LogP) is 3.29. The van der Waals surface area contributed by atoms with E-state index in [1.807, 2.05) is 43.9 Å². The SMILES string of the molecule is CC(C)N1CCN(C(=O)C(C)(C)C)c2ccccc21. The van der Waals surface area contributed by atoms with E-state index in [4.69, 9.17) is 0 Å². The van der Waals surface area contributed by atoms with Crippen LogP contribution in [0.15, 0.2) is 24.3 Å². The van der Waals surface area contributed by atoms with Crippen molar-refractivity contribution < 1.29 is 4.79 Å². The second-order valence-corrected chi connectivity index (χ2v) is 6.48. The minimum Gasteiger partial charge on any atom is -0.366 e. The molecule has 0 spiro atoms.